The van der Waals surface area contributed by atoms with E-state index in [0.717, 1.165) is 24.4 Å². The van der Waals surface area contributed by atoms with Crippen molar-refractivity contribution in [1.29, 1.82) is 0 Å². The van der Waals surface area contributed by atoms with Gasteiger partial charge in [0.1, 0.15) is 5.75 Å². The Morgan fingerprint density at radius 1 is 1.21 bits per heavy atom. The largest absolute Gasteiger partial charge is 0.497 e. The maximum Gasteiger partial charge on any atom is 0.118 e. The van der Waals surface area contributed by atoms with Crippen LogP contribution in [0.1, 0.15) is 31.2 Å². The summed E-state index contributed by atoms with van der Waals surface area (Å²) in [5.41, 5.74) is 1.39. The average molecular weight is 260 g/mol. The van der Waals surface area contributed by atoms with Crippen molar-refractivity contribution in [3.05, 3.63) is 29.8 Å². The Hall–Kier alpha value is -1.06. The molecule has 2 fully saturated rings. The summed E-state index contributed by atoms with van der Waals surface area (Å²) >= 11 is 0. The Labute approximate surface area is 115 Å². The molecule has 3 heteroatoms. The molecule has 2 heterocycles. The van der Waals surface area contributed by atoms with E-state index in [1.807, 2.05) is 0 Å². The van der Waals surface area contributed by atoms with Crippen LogP contribution in [-0.4, -0.2) is 37.2 Å². The van der Waals surface area contributed by atoms with Crippen molar-refractivity contribution < 1.29 is 4.74 Å². The van der Waals surface area contributed by atoms with Gasteiger partial charge in [0.25, 0.3) is 0 Å². The first-order valence-electron chi connectivity index (χ1n) is 7.47. The van der Waals surface area contributed by atoms with Crippen LogP contribution in [-0.2, 0) is 6.54 Å². The highest BCUT2D eigenvalue weighted by molar-refractivity contribution is 5.27. The lowest BCUT2D eigenvalue weighted by Gasteiger charge is -2.29. The Balaban J connectivity index is 1.63. The third-order valence-corrected chi connectivity index (χ3v) is 4.52. The SMILES string of the molecule is COc1ccc(CN2CCCC2C2CCCN2)cc1. The van der Waals surface area contributed by atoms with Crippen LogP contribution in [0.5, 0.6) is 5.75 Å². The molecular weight excluding hydrogens is 236 g/mol. The maximum atomic E-state index is 5.22. The molecule has 0 aromatic heterocycles. The van der Waals surface area contributed by atoms with Crippen molar-refractivity contribution in [3.8, 4) is 5.75 Å². The van der Waals surface area contributed by atoms with Crippen molar-refractivity contribution >= 4 is 0 Å². The highest BCUT2D eigenvalue weighted by Crippen LogP contribution is 2.26. The molecule has 3 rings (SSSR count). The van der Waals surface area contributed by atoms with Crippen molar-refractivity contribution in [2.24, 2.45) is 0 Å². The number of benzene rings is 1. The smallest absolute Gasteiger partial charge is 0.118 e. The van der Waals surface area contributed by atoms with E-state index in [9.17, 15) is 0 Å². The Kier molecular flexibility index (Phi) is 4.04. The van der Waals surface area contributed by atoms with Crippen LogP contribution in [0, 0.1) is 0 Å². The summed E-state index contributed by atoms with van der Waals surface area (Å²) < 4.78 is 5.22. The van der Waals surface area contributed by atoms with Crippen molar-refractivity contribution in [2.45, 2.75) is 44.3 Å². The summed E-state index contributed by atoms with van der Waals surface area (Å²) in [6, 6.07) is 9.97. The van der Waals surface area contributed by atoms with E-state index in [2.05, 4.69) is 34.5 Å². The van der Waals surface area contributed by atoms with Crippen LogP contribution in [0.4, 0.5) is 0 Å². The quantitative estimate of drug-likeness (QED) is 0.900. The van der Waals surface area contributed by atoms with Gasteiger partial charge in [0.05, 0.1) is 7.11 Å². The van der Waals surface area contributed by atoms with Crippen LogP contribution in [0.25, 0.3) is 0 Å². The van der Waals surface area contributed by atoms with Gasteiger partial charge in [-0.15, -0.1) is 0 Å². The van der Waals surface area contributed by atoms with Gasteiger partial charge in [0.15, 0.2) is 0 Å². The number of nitrogens with zero attached hydrogens (tertiary/aromatic N) is 1. The van der Waals surface area contributed by atoms with Crippen molar-refractivity contribution in [3.63, 3.8) is 0 Å². The topological polar surface area (TPSA) is 24.5 Å². The molecule has 0 spiro atoms. The van der Waals surface area contributed by atoms with Crippen LogP contribution >= 0.6 is 0 Å². The van der Waals surface area contributed by atoms with E-state index in [1.165, 1.54) is 44.3 Å². The zero-order chi connectivity index (χ0) is 13.1. The molecule has 2 aliphatic heterocycles. The molecule has 0 aliphatic carbocycles. The van der Waals surface area contributed by atoms with Crippen molar-refractivity contribution in [2.75, 3.05) is 20.2 Å². The Morgan fingerprint density at radius 2 is 2.05 bits per heavy atom. The summed E-state index contributed by atoms with van der Waals surface area (Å²) in [5, 5.41) is 3.67. The van der Waals surface area contributed by atoms with Gasteiger partial charge >= 0.3 is 0 Å². The van der Waals surface area contributed by atoms with Gasteiger partial charge in [-0.3, -0.25) is 4.90 Å². The van der Waals surface area contributed by atoms with E-state index >= 15 is 0 Å². The van der Waals surface area contributed by atoms with Crippen LogP contribution in [0.15, 0.2) is 24.3 Å². The molecule has 0 bridgehead atoms. The number of rotatable bonds is 4. The highest BCUT2D eigenvalue weighted by atomic mass is 16.5. The Bertz CT molecular complexity index is 398. The van der Waals surface area contributed by atoms with Gasteiger partial charge < -0.3 is 10.1 Å². The van der Waals surface area contributed by atoms with Crippen LogP contribution in [0.3, 0.4) is 0 Å². The van der Waals surface area contributed by atoms with Gasteiger partial charge in [0.2, 0.25) is 0 Å². The number of likely N-dealkylation sites (tertiary alicyclic amines) is 1. The molecule has 0 amide bonds. The lowest BCUT2D eigenvalue weighted by atomic mass is 10.0. The first kappa shape index (κ1) is 12.9. The highest BCUT2D eigenvalue weighted by Gasteiger charge is 2.32. The summed E-state index contributed by atoms with van der Waals surface area (Å²) in [7, 11) is 1.72. The van der Waals surface area contributed by atoms with Gasteiger partial charge in [-0.1, -0.05) is 12.1 Å². The minimum absolute atomic E-state index is 0.723. The van der Waals surface area contributed by atoms with Gasteiger partial charge in [-0.2, -0.15) is 0 Å². The predicted octanol–water partition coefficient (Wildman–Crippen LogP) is 2.41. The summed E-state index contributed by atoms with van der Waals surface area (Å²) in [5.74, 6) is 0.944. The monoisotopic (exact) mass is 260 g/mol. The second kappa shape index (κ2) is 5.93. The van der Waals surface area contributed by atoms with E-state index < -0.39 is 0 Å². The number of methoxy groups -OCH3 is 1. The fourth-order valence-corrected chi connectivity index (χ4v) is 3.51. The Morgan fingerprint density at radius 3 is 2.74 bits per heavy atom. The van der Waals surface area contributed by atoms with E-state index in [4.69, 9.17) is 4.74 Å². The molecule has 104 valence electrons. The van der Waals surface area contributed by atoms with Gasteiger partial charge in [-0.05, 0) is 56.5 Å². The fraction of sp³-hybridized carbons (Fsp3) is 0.625. The standard InChI is InChI=1S/C16H24N2O/c1-19-14-8-6-13(7-9-14)12-18-11-3-5-16(18)15-4-2-10-17-15/h6-9,15-17H,2-5,10-12H2,1H3. The molecule has 1 aromatic rings. The molecule has 3 nitrogen and oxygen atoms in total. The van der Waals surface area contributed by atoms with Gasteiger partial charge in [0, 0.05) is 18.6 Å². The fourth-order valence-electron chi connectivity index (χ4n) is 3.51. The first-order chi connectivity index (χ1) is 9.36. The normalized spacial score (nSPS) is 27.8. The molecule has 0 saturated carbocycles. The second-order valence-electron chi connectivity index (χ2n) is 5.73. The lowest BCUT2D eigenvalue weighted by Crippen LogP contribution is -2.43. The second-order valence-corrected chi connectivity index (χ2v) is 5.73. The minimum atomic E-state index is 0.723. The van der Waals surface area contributed by atoms with Crippen molar-refractivity contribution in [1.82, 2.24) is 10.2 Å². The lowest BCUT2D eigenvalue weighted by molar-refractivity contribution is 0.206. The average Bonchev–Trinajstić information content (AvgIpc) is 3.10. The number of ether oxygens (including phenoxy) is 1. The minimum Gasteiger partial charge on any atom is -0.497 e. The molecule has 0 radical (unpaired) electrons. The molecule has 1 aromatic carbocycles. The number of nitrogens with one attached hydrogen (secondary N) is 1. The zero-order valence-corrected chi connectivity index (χ0v) is 11.8. The molecule has 2 aliphatic rings. The van der Waals surface area contributed by atoms with E-state index in [1.54, 1.807) is 7.11 Å². The molecule has 2 unspecified atom stereocenters. The predicted molar refractivity (Wildman–Crippen MR) is 77.5 cm³/mol. The number of hydrogen-bond donors (Lipinski definition) is 1. The third kappa shape index (κ3) is 2.93. The molecule has 2 saturated heterocycles. The van der Waals surface area contributed by atoms with Gasteiger partial charge in [-0.25, -0.2) is 0 Å². The summed E-state index contributed by atoms with van der Waals surface area (Å²) in [6.07, 6.45) is 5.40. The maximum absolute atomic E-state index is 5.22. The van der Waals surface area contributed by atoms with E-state index in [0.29, 0.717) is 0 Å². The summed E-state index contributed by atoms with van der Waals surface area (Å²) in [6.45, 7) is 3.53. The molecular formula is C16H24N2O. The molecule has 1 N–H and O–H groups in total. The third-order valence-electron chi connectivity index (χ3n) is 4.52. The van der Waals surface area contributed by atoms with E-state index in [-0.39, 0.29) is 0 Å². The summed E-state index contributed by atoms with van der Waals surface area (Å²) in [4.78, 5) is 2.66. The molecule has 19 heavy (non-hydrogen) atoms. The van der Waals surface area contributed by atoms with Crippen LogP contribution in [0.2, 0.25) is 0 Å². The number of hydrogen-bond acceptors (Lipinski definition) is 3. The molecule has 2 atom stereocenters. The van der Waals surface area contributed by atoms with Crippen LogP contribution < -0.4 is 10.1 Å². The first-order valence-corrected chi connectivity index (χ1v) is 7.47. The zero-order valence-electron chi connectivity index (χ0n) is 11.8.